The third-order valence-electron chi connectivity index (χ3n) is 1.07. The van der Waals surface area contributed by atoms with Crippen LogP contribution in [0.3, 0.4) is 0 Å². The summed E-state index contributed by atoms with van der Waals surface area (Å²) in [4.78, 5) is 12.2. The van der Waals surface area contributed by atoms with Gasteiger partial charge in [-0.1, -0.05) is 0 Å². The molecule has 60 valence electrons. The van der Waals surface area contributed by atoms with E-state index in [1.165, 1.54) is 0 Å². The summed E-state index contributed by atoms with van der Waals surface area (Å²) >= 11 is 0. The number of alkyl halides is 2. The maximum Gasteiger partial charge on any atom is 0.278 e. The first-order valence-corrected chi connectivity index (χ1v) is 2.77. The van der Waals surface area contributed by atoms with E-state index >= 15 is 0 Å². The molecule has 1 heterocycles. The van der Waals surface area contributed by atoms with Crippen molar-refractivity contribution in [1.29, 1.82) is 0 Å². The highest BCUT2D eigenvalue weighted by molar-refractivity contribution is 5.06. The molecule has 0 saturated heterocycles. The van der Waals surface area contributed by atoms with Crippen LogP contribution < -0.4 is 5.43 Å². The highest BCUT2D eigenvalue weighted by atomic mass is 19.3. The van der Waals surface area contributed by atoms with Crippen molar-refractivity contribution < 1.29 is 13.2 Å². The summed E-state index contributed by atoms with van der Waals surface area (Å²) in [6.07, 6.45) is -2.85. The van der Waals surface area contributed by atoms with Gasteiger partial charge < -0.3 is 4.98 Å². The fourth-order valence-electron chi connectivity index (χ4n) is 0.647. The lowest BCUT2D eigenvalue weighted by molar-refractivity contribution is 0.144. The summed E-state index contributed by atoms with van der Waals surface area (Å²) < 4.78 is 35.8. The van der Waals surface area contributed by atoms with Crippen LogP contribution in [0.2, 0.25) is 0 Å². The van der Waals surface area contributed by atoms with E-state index in [-0.39, 0.29) is 0 Å². The molecule has 1 rings (SSSR count). The second-order valence-corrected chi connectivity index (χ2v) is 1.92. The molecule has 0 aromatic carbocycles. The largest absolute Gasteiger partial charge is 0.330 e. The normalized spacial score (nSPS) is 10.5. The minimum Gasteiger partial charge on any atom is -0.330 e. The molecule has 0 aliphatic rings. The van der Waals surface area contributed by atoms with Crippen LogP contribution in [-0.4, -0.2) is 4.98 Å². The summed E-state index contributed by atoms with van der Waals surface area (Å²) in [5.74, 6) is -1.05. The van der Waals surface area contributed by atoms with Gasteiger partial charge in [-0.2, -0.15) is 4.39 Å². The maximum atomic E-state index is 12.2. The molecule has 0 aliphatic heterocycles. The molecule has 0 bridgehead atoms. The maximum absolute atomic E-state index is 12.2. The number of pyridine rings is 1. The fraction of sp³-hybridized carbons (Fsp3) is 0.167. The van der Waals surface area contributed by atoms with Crippen molar-refractivity contribution in [3.63, 3.8) is 0 Å². The Morgan fingerprint density at radius 3 is 2.45 bits per heavy atom. The third-order valence-corrected chi connectivity index (χ3v) is 1.07. The van der Waals surface area contributed by atoms with Gasteiger partial charge in [-0.05, 0) is 0 Å². The summed E-state index contributed by atoms with van der Waals surface area (Å²) in [6.45, 7) is 0. The van der Waals surface area contributed by atoms with Crippen molar-refractivity contribution in [3.05, 3.63) is 34.0 Å². The molecule has 1 aromatic rings. The quantitative estimate of drug-likeness (QED) is 0.624. The Kier molecular flexibility index (Phi) is 1.98. The Hall–Kier alpha value is -1.26. The van der Waals surface area contributed by atoms with E-state index < -0.39 is 23.5 Å². The van der Waals surface area contributed by atoms with Gasteiger partial charge in [0.1, 0.15) is 0 Å². The number of halogens is 3. The molecule has 0 saturated carbocycles. The summed E-state index contributed by atoms with van der Waals surface area (Å²) in [5.41, 5.74) is -1.47. The van der Waals surface area contributed by atoms with Gasteiger partial charge in [-0.15, -0.1) is 0 Å². The van der Waals surface area contributed by atoms with Gasteiger partial charge in [-0.25, -0.2) is 8.78 Å². The smallest absolute Gasteiger partial charge is 0.278 e. The molecule has 0 fully saturated rings. The number of aromatic amines is 1. The highest BCUT2D eigenvalue weighted by Crippen LogP contribution is 2.13. The second kappa shape index (κ2) is 2.77. The molecule has 0 spiro atoms. The van der Waals surface area contributed by atoms with E-state index in [9.17, 15) is 18.0 Å². The zero-order valence-corrected chi connectivity index (χ0v) is 5.27. The van der Waals surface area contributed by atoms with Gasteiger partial charge in [0.05, 0.1) is 5.69 Å². The topological polar surface area (TPSA) is 32.9 Å². The first-order chi connectivity index (χ1) is 5.09. The third kappa shape index (κ3) is 1.83. The standard InChI is InChI=1S/C6H4F3NO/c7-5-2-3(11)1-4(10-5)6(8)9/h1-2,6H,(H,10,11). The Labute approximate surface area is 59.7 Å². The van der Waals surface area contributed by atoms with Crippen molar-refractivity contribution in [3.8, 4) is 0 Å². The van der Waals surface area contributed by atoms with Crippen molar-refractivity contribution in [2.45, 2.75) is 6.43 Å². The van der Waals surface area contributed by atoms with E-state index in [1.807, 2.05) is 0 Å². The molecule has 0 unspecified atom stereocenters. The van der Waals surface area contributed by atoms with Gasteiger partial charge in [0.15, 0.2) is 11.4 Å². The lowest BCUT2D eigenvalue weighted by Gasteiger charge is -1.97. The molecular weight excluding hydrogens is 159 g/mol. The Morgan fingerprint density at radius 2 is 2.00 bits per heavy atom. The van der Waals surface area contributed by atoms with Crippen molar-refractivity contribution in [2.24, 2.45) is 0 Å². The Balaban J connectivity index is 3.19. The number of aromatic nitrogens is 1. The number of nitrogens with one attached hydrogen (secondary N) is 1. The van der Waals surface area contributed by atoms with Gasteiger partial charge >= 0.3 is 0 Å². The van der Waals surface area contributed by atoms with Gasteiger partial charge in [-0.3, -0.25) is 4.79 Å². The van der Waals surface area contributed by atoms with E-state index in [2.05, 4.69) is 0 Å². The second-order valence-electron chi connectivity index (χ2n) is 1.92. The molecule has 0 aliphatic carbocycles. The first-order valence-electron chi connectivity index (χ1n) is 2.77. The summed E-state index contributed by atoms with van der Waals surface area (Å²) in [6, 6.07) is 1.26. The minimum absolute atomic E-state index is 0.603. The van der Waals surface area contributed by atoms with E-state index in [4.69, 9.17) is 0 Å². The number of H-pyrrole nitrogens is 1. The molecule has 11 heavy (non-hydrogen) atoms. The molecule has 0 amide bonds. The SMILES string of the molecule is O=c1cc(F)[nH]c(C(F)F)c1. The van der Waals surface area contributed by atoms with Crippen LogP contribution in [0, 0.1) is 5.95 Å². The van der Waals surface area contributed by atoms with E-state index in [0.29, 0.717) is 12.1 Å². The van der Waals surface area contributed by atoms with Crippen LogP contribution in [0.15, 0.2) is 16.9 Å². The van der Waals surface area contributed by atoms with Gasteiger partial charge in [0.2, 0.25) is 0 Å². The van der Waals surface area contributed by atoms with Crippen LogP contribution in [0.25, 0.3) is 0 Å². The van der Waals surface area contributed by atoms with Crippen LogP contribution in [-0.2, 0) is 0 Å². The van der Waals surface area contributed by atoms with Crippen LogP contribution >= 0.6 is 0 Å². The lowest BCUT2D eigenvalue weighted by atomic mass is 10.3. The van der Waals surface area contributed by atoms with E-state index in [1.54, 1.807) is 4.98 Å². The molecule has 0 radical (unpaired) electrons. The lowest BCUT2D eigenvalue weighted by Crippen LogP contribution is -2.05. The number of hydrogen-bond donors (Lipinski definition) is 1. The van der Waals surface area contributed by atoms with Crippen molar-refractivity contribution in [1.82, 2.24) is 4.98 Å². The highest BCUT2D eigenvalue weighted by Gasteiger charge is 2.08. The zero-order chi connectivity index (χ0) is 8.43. The van der Waals surface area contributed by atoms with Crippen molar-refractivity contribution in [2.75, 3.05) is 0 Å². The molecule has 1 N–H and O–H groups in total. The van der Waals surface area contributed by atoms with Crippen LogP contribution in [0.1, 0.15) is 12.1 Å². The average Bonchev–Trinajstić information content (AvgIpc) is 1.85. The molecule has 5 heteroatoms. The molecule has 2 nitrogen and oxygen atoms in total. The van der Waals surface area contributed by atoms with E-state index in [0.717, 1.165) is 0 Å². The van der Waals surface area contributed by atoms with Gasteiger partial charge in [0, 0.05) is 12.1 Å². The Bertz CT molecular complexity index is 307. The molecule has 0 atom stereocenters. The number of hydrogen-bond acceptors (Lipinski definition) is 1. The number of rotatable bonds is 1. The predicted octanol–water partition coefficient (Wildman–Crippen LogP) is 1.45. The van der Waals surface area contributed by atoms with Gasteiger partial charge in [0.25, 0.3) is 6.43 Å². The van der Waals surface area contributed by atoms with Crippen LogP contribution in [0.5, 0.6) is 0 Å². The van der Waals surface area contributed by atoms with Crippen LogP contribution in [0.4, 0.5) is 13.2 Å². The predicted molar refractivity (Wildman–Crippen MR) is 32.0 cm³/mol. The zero-order valence-electron chi connectivity index (χ0n) is 5.27. The average molecular weight is 163 g/mol. The molecule has 1 aromatic heterocycles. The monoisotopic (exact) mass is 163 g/mol. The fourth-order valence-corrected chi connectivity index (χ4v) is 0.647. The first kappa shape index (κ1) is 7.84. The van der Waals surface area contributed by atoms with Crippen molar-refractivity contribution >= 4 is 0 Å². The summed E-state index contributed by atoms with van der Waals surface area (Å²) in [5, 5.41) is 0. The summed E-state index contributed by atoms with van der Waals surface area (Å²) in [7, 11) is 0. The Morgan fingerprint density at radius 1 is 1.36 bits per heavy atom. The minimum atomic E-state index is -2.85. The molecular formula is C6H4F3NO.